The first kappa shape index (κ1) is 15.5. The van der Waals surface area contributed by atoms with Gasteiger partial charge in [-0.1, -0.05) is 18.2 Å². The van der Waals surface area contributed by atoms with Gasteiger partial charge in [0.15, 0.2) is 5.76 Å². The Bertz CT molecular complexity index is 890. The normalized spacial score (nSPS) is 14.9. The van der Waals surface area contributed by atoms with Gasteiger partial charge in [-0.3, -0.25) is 9.59 Å². The van der Waals surface area contributed by atoms with Crippen molar-refractivity contribution in [3.05, 3.63) is 60.2 Å². The van der Waals surface area contributed by atoms with Gasteiger partial charge in [-0.2, -0.15) is 0 Å². The summed E-state index contributed by atoms with van der Waals surface area (Å²) in [5.74, 6) is 0.321. The van der Waals surface area contributed by atoms with Crippen LogP contribution in [0.2, 0.25) is 0 Å². The molecule has 1 aliphatic rings. The van der Waals surface area contributed by atoms with Crippen LogP contribution in [-0.2, 0) is 11.2 Å². The van der Waals surface area contributed by atoms with Crippen LogP contribution in [0.4, 0.5) is 0 Å². The summed E-state index contributed by atoms with van der Waals surface area (Å²) in [5, 5.41) is 1.09. The van der Waals surface area contributed by atoms with Crippen molar-refractivity contribution in [1.82, 2.24) is 14.8 Å². The first-order valence-corrected chi connectivity index (χ1v) is 8.38. The van der Waals surface area contributed by atoms with Crippen molar-refractivity contribution >= 4 is 22.7 Å². The third-order valence-electron chi connectivity index (χ3n) is 4.67. The number of nitrogens with one attached hydrogen (secondary N) is 1. The summed E-state index contributed by atoms with van der Waals surface area (Å²) < 4.78 is 5.16. The first-order valence-electron chi connectivity index (χ1n) is 8.38. The number of H-pyrrole nitrogens is 1. The Hall–Kier alpha value is -3.02. The van der Waals surface area contributed by atoms with Crippen LogP contribution in [0.1, 0.15) is 16.1 Å². The Balaban J connectivity index is 1.37. The van der Waals surface area contributed by atoms with Gasteiger partial charge in [-0.25, -0.2) is 0 Å². The van der Waals surface area contributed by atoms with E-state index in [-0.39, 0.29) is 11.8 Å². The summed E-state index contributed by atoms with van der Waals surface area (Å²) in [4.78, 5) is 31.6. The minimum Gasteiger partial charge on any atom is -0.459 e. The standard InChI is InChI=1S/C19H19N3O3/c23-18(12-14-13-20-16-5-2-1-4-15(14)16)21-7-9-22(10-8-21)19(24)17-6-3-11-25-17/h1-6,11,13,20H,7-10,12H2. The number of rotatable bonds is 3. The van der Waals surface area contributed by atoms with E-state index in [4.69, 9.17) is 4.42 Å². The molecule has 0 unspecified atom stereocenters. The topological polar surface area (TPSA) is 69.6 Å². The molecular weight excluding hydrogens is 318 g/mol. The van der Waals surface area contributed by atoms with Crippen LogP contribution in [0.3, 0.4) is 0 Å². The van der Waals surface area contributed by atoms with Gasteiger partial charge in [0, 0.05) is 43.3 Å². The predicted molar refractivity (Wildman–Crippen MR) is 93.2 cm³/mol. The molecule has 128 valence electrons. The zero-order chi connectivity index (χ0) is 17.2. The molecule has 1 aromatic carbocycles. The van der Waals surface area contributed by atoms with Crippen LogP contribution >= 0.6 is 0 Å². The molecule has 0 spiro atoms. The van der Waals surface area contributed by atoms with E-state index in [1.807, 2.05) is 35.4 Å². The largest absolute Gasteiger partial charge is 0.459 e. The number of aromatic nitrogens is 1. The van der Waals surface area contributed by atoms with Gasteiger partial charge < -0.3 is 19.2 Å². The summed E-state index contributed by atoms with van der Waals surface area (Å²) in [5.41, 5.74) is 2.05. The van der Waals surface area contributed by atoms with Crippen LogP contribution < -0.4 is 0 Å². The number of hydrogen-bond acceptors (Lipinski definition) is 3. The minimum absolute atomic E-state index is 0.0925. The lowest BCUT2D eigenvalue weighted by Crippen LogP contribution is -2.50. The van der Waals surface area contributed by atoms with Gasteiger partial charge in [0.25, 0.3) is 5.91 Å². The van der Waals surface area contributed by atoms with Crippen molar-refractivity contribution in [3.63, 3.8) is 0 Å². The van der Waals surface area contributed by atoms with E-state index in [1.54, 1.807) is 17.0 Å². The highest BCUT2D eigenvalue weighted by atomic mass is 16.3. The SMILES string of the molecule is O=C(Cc1c[nH]c2ccccc12)N1CCN(C(=O)c2ccco2)CC1. The Labute approximate surface area is 145 Å². The lowest BCUT2D eigenvalue weighted by Gasteiger charge is -2.34. The van der Waals surface area contributed by atoms with Gasteiger partial charge in [0.05, 0.1) is 12.7 Å². The molecule has 0 atom stereocenters. The summed E-state index contributed by atoms with van der Waals surface area (Å²) in [6.45, 7) is 2.15. The maximum Gasteiger partial charge on any atom is 0.289 e. The molecular formula is C19H19N3O3. The quantitative estimate of drug-likeness (QED) is 0.797. The maximum atomic E-state index is 12.6. The van der Waals surface area contributed by atoms with Crippen molar-refractivity contribution in [3.8, 4) is 0 Å². The number of aromatic amines is 1. The highest BCUT2D eigenvalue weighted by molar-refractivity contribution is 5.92. The fourth-order valence-corrected chi connectivity index (χ4v) is 3.27. The highest BCUT2D eigenvalue weighted by Gasteiger charge is 2.26. The van der Waals surface area contributed by atoms with Crippen molar-refractivity contribution in [1.29, 1.82) is 0 Å². The molecule has 0 bridgehead atoms. The number of fused-ring (bicyclic) bond motifs is 1. The minimum atomic E-state index is -0.117. The van der Waals surface area contributed by atoms with Crippen LogP contribution in [0, 0.1) is 0 Å². The van der Waals surface area contributed by atoms with E-state index in [9.17, 15) is 9.59 Å². The van der Waals surface area contributed by atoms with Crippen molar-refractivity contribution in [2.45, 2.75) is 6.42 Å². The average Bonchev–Trinajstić information content (AvgIpc) is 3.32. The highest BCUT2D eigenvalue weighted by Crippen LogP contribution is 2.19. The number of amides is 2. The molecule has 6 nitrogen and oxygen atoms in total. The van der Waals surface area contributed by atoms with Crippen LogP contribution in [0.25, 0.3) is 10.9 Å². The van der Waals surface area contributed by atoms with Gasteiger partial charge >= 0.3 is 0 Å². The molecule has 25 heavy (non-hydrogen) atoms. The molecule has 3 heterocycles. The smallest absolute Gasteiger partial charge is 0.289 e. The molecule has 1 fully saturated rings. The fourth-order valence-electron chi connectivity index (χ4n) is 3.27. The Kier molecular flexibility index (Phi) is 4.01. The van der Waals surface area contributed by atoms with Crippen molar-refractivity contribution in [2.24, 2.45) is 0 Å². The average molecular weight is 337 g/mol. The molecule has 2 aromatic heterocycles. The summed E-state index contributed by atoms with van der Waals surface area (Å²) in [6, 6.07) is 11.3. The van der Waals surface area contributed by atoms with Crippen LogP contribution in [0.15, 0.2) is 53.3 Å². The molecule has 0 radical (unpaired) electrons. The summed E-state index contributed by atoms with van der Waals surface area (Å²) in [7, 11) is 0. The third-order valence-corrected chi connectivity index (χ3v) is 4.67. The van der Waals surface area contributed by atoms with Crippen LogP contribution in [-0.4, -0.2) is 52.8 Å². The van der Waals surface area contributed by atoms with Gasteiger partial charge in [0.1, 0.15) is 0 Å². The second-order valence-electron chi connectivity index (χ2n) is 6.19. The van der Waals surface area contributed by atoms with E-state index in [1.165, 1.54) is 6.26 Å². The number of para-hydroxylation sites is 1. The van der Waals surface area contributed by atoms with E-state index in [2.05, 4.69) is 4.98 Å². The summed E-state index contributed by atoms with van der Waals surface area (Å²) in [6.07, 6.45) is 3.77. The number of carbonyl (C=O) groups is 2. The van der Waals surface area contributed by atoms with E-state index in [0.29, 0.717) is 38.4 Å². The lowest BCUT2D eigenvalue weighted by atomic mass is 10.1. The zero-order valence-electron chi connectivity index (χ0n) is 13.8. The molecule has 0 saturated carbocycles. The number of nitrogens with zero attached hydrogens (tertiary/aromatic N) is 2. The molecule has 1 N–H and O–H groups in total. The van der Waals surface area contributed by atoms with Crippen molar-refractivity contribution in [2.75, 3.05) is 26.2 Å². The Morgan fingerprint density at radius 1 is 1.00 bits per heavy atom. The van der Waals surface area contributed by atoms with Gasteiger partial charge in [0.2, 0.25) is 5.91 Å². The molecule has 1 saturated heterocycles. The number of furan rings is 1. The maximum absolute atomic E-state index is 12.6. The van der Waals surface area contributed by atoms with E-state index in [0.717, 1.165) is 16.5 Å². The molecule has 1 aliphatic heterocycles. The van der Waals surface area contributed by atoms with Crippen molar-refractivity contribution < 1.29 is 14.0 Å². The zero-order valence-corrected chi connectivity index (χ0v) is 13.8. The lowest BCUT2D eigenvalue weighted by molar-refractivity contribution is -0.131. The molecule has 4 rings (SSSR count). The number of carbonyl (C=O) groups excluding carboxylic acids is 2. The third kappa shape index (κ3) is 3.03. The molecule has 2 amide bonds. The number of benzene rings is 1. The number of hydrogen-bond donors (Lipinski definition) is 1. The van der Waals surface area contributed by atoms with Gasteiger partial charge in [-0.05, 0) is 23.8 Å². The molecule has 3 aromatic rings. The predicted octanol–water partition coefficient (Wildman–Crippen LogP) is 2.29. The Morgan fingerprint density at radius 2 is 1.76 bits per heavy atom. The monoisotopic (exact) mass is 337 g/mol. The Morgan fingerprint density at radius 3 is 2.52 bits per heavy atom. The second-order valence-corrected chi connectivity index (χ2v) is 6.19. The summed E-state index contributed by atoms with van der Waals surface area (Å²) >= 11 is 0. The fraction of sp³-hybridized carbons (Fsp3) is 0.263. The van der Waals surface area contributed by atoms with Crippen LogP contribution in [0.5, 0.6) is 0 Å². The molecule has 6 heteroatoms. The number of piperazine rings is 1. The first-order chi connectivity index (χ1) is 12.2. The van der Waals surface area contributed by atoms with E-state index >= 15 is 0 Å². The van der Waals surface area contributed by atoms with Gasteiger partial charge in [-0.15, -0.1) is 0 Å². The second kappa shape index (κ2) is 6.47. The van der Waals surface area contributed by atoms with E-state index < -0.39 is 0 Å². The molecule has 0 aliphatic carbocycles.